The molecule has 0 spiro atoms. The van der Waals surface area contributed by atoms with Crippen LogP contribution in [0.2, 0.25) is 0 Å². The lowest BCUT2D eigenvalue weighted by atomic mass is 10.1. The van der Waals surface area contributed by atoms with E-state index in [2.05, 4.69) is 0 Å². The Morgan fingerprint density at radius 1 is 1.14 bits per heavy atom. The topological polar surface area (TPSA) is 49.9 Å². The molecule has 0 aliphatic carbocycles. The van der Waals surface area contributed by atoms with E-state index in [1.165, 1.54) is 4.90 Å². The first kappa shape index (κ1) is 15.0. The van der Waals surface area contributed by atoms with Crippen molar-refractivity contribution in [3.05, 3.63) is 35.9 Å². The van der Waals surface area contributed by atoms with Gasteiger partial charge in [0, 0.05) is 25.1 Å². The van der Waals surface area contributed by atoms with Gasteiger partial charge in [0.05, 0.1) is 19.8 Å². The van der Waals surface area contributed by atoms with Crippen LogP contribution < -0.4 is 0 Å². The van der Waals surface area contributed by atoms with Crippen molar-refractivity contribution in [1.29, 1.82) is 0 Å². The fraction of sp³-hybridized carbons (Fsp3) is 0.500. The van der Waals surface area contributed by atoms with Crippen molar-refractivity contribution in [2.45, 2.75) is 18.6 Å². The molecular weight excluding hydrogens is 287 g/mol. The number of nitrogens with zero attached hydrogens (tertiary/aromatic N) is 2. The third-order valence-corrected chi connectivity index (χ3v) is 4.14. The van der Waals surface area contributed by atoms with Gasteiger partial charge in [-0.1, -0.05) is 18.2 Å². The Balaban J connectivity index is 1.77. The molecule has 0 N–H and O–H groups in total. The summed E-state index contributed by atoms with van der Waals surface area (Å²) in [5.41, 5.74) is 0.483. The second-order valence-electron chi connectivity index (χ2n) is 5.61. The van der Waals surface area contributed by atoms with Crippen LogP contribution in [0, 0.1) is 0 Å². The molecular formula is C16H19FN2O3. The van der Waals surface area contributed by atoms with E-state index in [0.717, 1.165) is 0 Å². The summed E-state index contributed by atoms with van der Waals surface area (Å²) in [6, 6.07) is 7.99. The maximum absolute atomic E-state index is 13.8. The first-order valence-corrected chi connectivity index (χ1v) is 7.53. The summed E-state index contributed by atoms with van der Waals surface area (Å²) in [7, 11) is 0. The molecule has 22 heavy (non-hydrogen) atoms. The predicted octanol–water partition coefficient (Wildman–Crippen LogP) is 1.10. The number of hydrogen-bond acceptors (Lipinski definition) is 3. The molecule has 2 aliphatic rings. The molecule has 0 bridgehead atoms. The van der Waals surface area contributed by atoms with Crippen LogP contribution in [-0.2, 0) is 9.53 Å². The zero-order valence-electron chi connectivity index (χ0n) is 12.3. The van der Waals surface area contributed by atoms with Crippen molar-refractivity contribution in [3.63, 3.8) is 0 Å². The molecule has 2 atom stereocenters. The molecule has 6 heteroatoms. The number of alkyl halides is 1. The van der Waals surface area contributed by atoms with Crippen LogP contribution in [0.3, 0.4) is 0 Å². The molecule has 0 radical (unpaired) electrons. The maximum atomic E-state index is 13.8. The second kappa shape index (κ2) is 6.44. The van der Waals surface area contributed by atoms with Crippen molar-refractivity contribution in [2.75, 3.05) is 32.8 Å². The van der Waals surface area contributed by atoms with E-state index in [1.54, 1.807) is 29.2 Å². The van der Waals surface area contributed by atoms with E-state index in [4.69, 9.17) is 4.74 Å². The lowest BCUT2D eigenvalue weighted by molar-refractivity contribution is -0.139. The van der Waals surface area contributed by atoms with Gasteiger partial charge < -0.3 is 14.5 Å². The van der Waals surface area contributed by atoms with Crippen LogP contribution >= 0.6 is 0 Å². The van der Waals surface area contributed by atoms with Crippen molar-refractivity contribution >= 4 is 11.8 Å². The molecule has 2 aliphatic heterocycles. The third-order valence-electron chi connectivity index (χ3n) is 4.14. The van der Waals surface area contributed by atoms with E-state index in [0.29, 0.717) is 31.9 Å². The normalized spacial score (nSPS) is 25.3. The monoisotopic (exact) mass is 306 g/mol. The SMILES string of the molecule is O=C([C@@H]1C[C@H](F)CN1C(=O)c1ccccc1)N1CCOCC1. The summed E-state index contributed by atoms with van der Waals surface area (Å²) in [5, 5.41) is 0. The molecule has 118 valence electrons. The lowest BCUT2D eigenvalue weighted by Gasteiger charge is -2.32. The third kappa shape index (κ3) is 2.97. The van der Waals surface area contributed by atoms with Gasteiger partial charge in [-0.25, -0.2) is 4.39 Å². The van der Waals surface area contributed by atoms with Gasteiger partial charge in [0.2, 0.25) is 5.91 Å². The Kier molecular flexibility index (Phi) is 4.38. The second-order valence-corrected chi connectivity index (χ2v) is 5.61. The highest BCUT2D eigenvalue weighted by Crippen LogP contribution is 2.24. The van der Waals surface area contributed by atoms with Crippen molar-refractivity contribution in [1.82, 2.24) is 9.80 Å². The molecule has 3 rings (SSSR count). The Labute approximate surface area is 128 Å². The summed E-state index contributed by atoms with van der Waals surface area (Å²) < 4.78 is 19.1. The fourth-order valence-electron chi connectivity index (χ4n) is 2.98. The molecule has 0 aromatic heterocycles. The molecule has 1 aromatic rings. The molecule has 2 heterocycles. The number of likely N-dealkylation sites (tertiary alicyclic amines) is 1. The van der Waals surface area contributed by atoms with E-state index in [1.807, 2.05) is 6.07 Å². The van der Waals surface area contributed by atoms with Gasteiger partial charge in [-0.05, 0) is 12.1 Å². The number of halogens is 1. The van der Waals surface area contributed by atoms with Gasteiger partial charge >= 0.3 is 0 Å². The molecule has 0 unspecified atom stereocenters. The largest absolute Gasteiger partial charge is 0.378 e. The Hall–Kier alpha value is -1.95. The Bertz CT molecular complexity index is 546. The smallest absolute Gasteiger partial charge is 0.254 e. The molecule has 2 amide bonds. The number of amides is 2. The number of carbonyl (C=O) groups excluding carboxylic acids is 2. The minimum Gasteiger partial charge on any atom is -0.378 e. The fourth-order valence-corrected chi connectivity index (χ4v) is 2.98. The molecule has 2 saturated heterocycles. The van der Waals surface area contributed by atoms with Crippen LogP contribution in [0.15, 0.2) is 30.3 Å². The maximum Gasteiger partial charge on any atom is 0.254 e. The van der Waals surface area contributed by atoms with Gasteiger partial charge in [0.15, 0.2) is 0 Å². The Morgan fingerprint density at radius 3 is 2.50 bits per heavy atom. The van der Waals surface area contributed by atoms with E-state index >= 15 is 0 Å². The van der Waals surface area contributed by atoms with Crippen molar-refractivity contribution in [2.24, 2.45) is 0 Å². The Morgan fingerprint density at radius 2 is 1.82 bits per heavy atom. The summed E-state index contributed by atoms with van der Waals surface area (Å²) >= 11 is 0. The van der Waals surface area contributed by atoms with E-state index < -0.39 is 12.2 Å². The van der Waals surface area contributed by atoms with Crippen LogP contribution in [0.5, 0.6) is 0 Å². The summed E-state index contributed by atoms with van der Waals surface area (Å²) in [6.07, 6.45) is -1.07. The molecule has 1 aromatic carbocycles. The van der Waals surface area contributed by atoms with Crippen LogP contribution in [-0.4, -0.2) is 66.7 Å². The quantitative estimate of drug-likeness (QED) is 0.822. The van der Waals surface area contributed by atoms with Gasteiger partial charge in [0.25, 0.3) is 5.91 Å². The highest BCUT2D eigenvalue weighted by Gasteiger charge is 2.41. The van der Waals surface area contributed by atoms with Crippen molar-refractivity contribution in [3.8, 4) is 0 Å². The average Bonchev–Trinajstić information content (AvgIpc) is 2.97. The zero-order valence-corrected chi connectivity index (χ0v) is 12.3. The molecule has 5 nitrogen and oxygen atoms in total. The first-order chi connectivity index (χ1) is 10.7. The number of rotatable bonds is 2. The molecule has 2 fully saturated rings. The predicted molar refractivity (Wildman–Crippen MR) is 78.2 cm³/mol. The summed E-state index contributed by atoms with van der Waals surface area (Å²) in [5.74, 6) is -0.458. The highest BCUT2D eigenvalue weighted by molar-refractivity contribution is 5.98. The van der Waals surface area contributed by atoms with Crippen LogP contribution in [0.4, 0.5) is 4.39 Å². The van der Waals surface area contributed by atoms with Gasteiger partial charge in [-0.15, -0.1) is 0 Å². The number of morpholine rings is 1. The standard InChI is InChI=1S/C16H19FN2O3/c17-13-10-14(16(21)18-6-8-22-9-7-18)19(11-13)15(20)12-4-2-1-3-5-12/h1-5,13-14H,6-11H2/t13-,14-/m0/s1. The number of carbonyl (C=O) groups is 2. The zero-order chi connectivity index (χ0) is 15.5. The van der Waals surface area contributed by atoms with Gasteiger partial charge in [-0.2, -0.15) is 0 Å². The lowest BCUT2D eigenvalue weighted by Crippen LogP contribution is -2.51. The van der Waals surface area contributed by atoms with Gasteiger partial charge in [-0.3, -0.25) is 9.59 Å². The number of hydrogen-bond donors (Lipinski definition) is 0. The minimum atomic E-state index is -1.15. The van der Waals surface area contributed by atoms with E-state index in [9.17, 15) is 14.0 Å². The average molecular weight is 306 g/mol. The number of ether oxygens (including phenoxy) is 1. The number of benzene rings is 1. The van der Waals surface area contributed by atoms with E-state index in [-0.39, 0.29) is 24.8 Å². The van der Waals surface area contributed by atoms with Crippen LogP contribution in [0.25, 0.3) is 0 Å². The molecule has 0 saturated carbocycles. The van der Waals surface area contributed by atoms with Crippen LogP contribution in [0.1, 0.15) is 16.8 Å². The summed E-state index contributed by atoms with van der Waals surface area (Å²) in [6.45, 7) is 1.96. The van der Waals surface area contributed by atoms with Gasteiger partial charge in [0.1, 0.15) is 12.2 Å². The minimum absolute atomic E-state index is 0.0194. The highest BCUT2D eigenvalue weighted by atomic mass is 19.1. The first-order valence-electron chi connectivity index (χ1n) is 7.53. The van der Waals surface area contributed by atoms with Crippen molar-refractivity contribution < 1.29 is 18.7 Å². The summed E-state index contributed by atoms with van der Waals surface area (Å²) in [4.78, 5) is 28.2.